The standard InChI is InChI=1S/C21H18O5/c1-12-19(21(25)16-6-4-3-5-15(16)20(12)24)17(11-18(22)23)13-7-9-14(26-2)10-8-13/h3-10,17H,11H2,1-2H3,(H,22,23). The summed E-state index contributed by atoms with van der Waals surface area (Å²) in [6.45, 7) is 1.59. The van der Waals surface area contributed by atoms with E-state index in [-0.39, 0.29) is 23.6 Å². The third-order valence-corrected chi connectivity index (χ3v) is 4.65. The minimum Gasteiger partial charge on any atom is -0.497 e. The monoisotopic (exact) mass is 350 g/mol. The van der Waals surface area contributed by atoms with Gasteiger partial charge in [0.2, 0.25) is 0 Å². The average molecular weight is 350 g/mol. The largest absolute Gasteiger partial charge is 0.497 e. The van der Waals surface area contributed by atoms with Crippen LogP contribution < -0.4 is 4.74 Å². The minimum atomic E-state index is -1.04. The third kappa shape index (κ3) is 3.04. The molecular weight excluding hydrogens is 332 g/mol. The first-order valence-corrected chi connectivity index (χ1v) is 8.19. The summed E-state index contributed by atoms with van der Waals surface area (Å²) in [5, 5.41) is 9.37. The number of Topliss-reactive ketones (excluding diaryl/α,β-unsaturated/α-hetero) is 2. The summed E-state index contributed by atoms with van der Waals surface area (Å²) >= 11 is 0. The van der Waals surface area contributed by atoms with Crippen molar-refractivity contribution in [3.8, 4) is 5.75 Å². The number of methoxy groups -OCH3 is 1. The van der Waals surface area contributed by atoms with Crippen LogP contribution in [0.5, 0.6) is 5.75 Å². The Hall–Kier alpha value is -3.21. The van der Waals surface area contributed by atoms with Crippen molar-refractivity contribution in [2.24, 2.45) is 0 Å². The molecule has 1 aliphatic rings. The number of aliphatic carboxylic acids is 1. The van der Waals surface area contributed by atoms with Crippen molar-refractivity contribution >= 4 is 17.5 Å². The van der Waals surface area contributed by atoms with Gasteiger partial charge in [-0.25, -0.2) is 0 Å². The molecule has 0 radical (unpaired) electrons. The highest BCUT2D eigenvalue weighted by Crippen LogP contribution is 2.37. The van der Waals surface area contributed by atoms with E-state index in [1.54, 1.807) is 55.5 Å². The molecule has 2 aromatic carbocycles. The molecule has 2 aromatic rings. The van der Waals surface area contributed by atoms with Crippen LogP contribution in [0.25, 0.3) is 0 Å². The van der Waals surface area contributed by atoms with Crippen molar-refractivity contribution < 1.29 is 24.2 Å². The zero-order chi connectivity index (χ0) is 18.8. The summed E-state index contributed by atoms with van der Waals surface area (Å²) in [5.41, 5.74) is 1.89. The Kier molecular flexibility index (Phi) is 4.71. The van der Waals surface area contributed by atoms with E-state index < -0.39 is 11.9 Å². The Morgan fingerprint density at radius 2 is 1.58 bits per heavy atom. The van der Waals surface area contributed by atoms with Crippen LogP contribution in [0.2, 0.25) is 0 Å². The highest BCUT2D eigenvalue weighted by molar-refractivity contribution is 6.27. The number of benzene rings is 2. The van der Waals surface area contributed by atoms with Crippen molar-refractivity contribution in [2.45, 2.75) is 19.3 Å². The van der Waals surface area contributed by atoms with Crippen molar-refractivity contribution in [2.75, 3.05) is 7.11 Å². The smallest absolute Gasteiger partial charge is 0.304 e. The summed E-state index contributed by atoms with van der Waals surface area (Å²) in [7, 11) is 1.54. The number of carboxylic acids is 1. The van der Waals surface area contributed by atoms with Gasteiger partial charge in [0.15, 0.2) is 11.6 Å². The minimum absolute atomic E-state index is 0.237. The van der Waals surface area contributed by atoms with Gasteiger partial charge in [0, 0.05) is 28.2 Å². The van der Waals surface area contributed by atoms with Crippen LogP contribution in [0.3, 0.4) is 0 Å². The van der Waals surface area contributed by atoms with Crippen LogP contribution in [0.15, 0.2) is 59.7 Å². The second kappa shape index (κ2) is 6.96. The number of rotatable bonds is 5. The highest BCUT2D eigenvalue weighted by atomic mass is 16.5. The fraction of sp³-hybridized carbons (Fsp3) is 0.190. The van der Waals surface area contributed by atoms with E-state index in [9.17, 15) is 19.5 Å². The van der Waals surface area contributed by atoms with Gasteiger partial charge in [-0.15, -0.1) is 0 Å². The maximum atomic E-state index is 13.1. The van der Waals surface area contributed by atoms with E-state index in [4.69, 9.17) is 4.74 Å². The molecule has 0 saturated carbocycles. The lowest BCUT2D eigenvalue weighted by Crippen LogP contribution is -2.25. The lowest BCUT2D eigenvalue weighted by atomic mass is 9.76. The maximum Gasteiger partial charge on any atom is 0.304 e. The van der Waals surface area contributed by atoms with Gasteiger partial charge in [0.25, 0.3) is 0 Å². The molecule has 1 aliphatic carbocycles. The summed E-state index contributed by atoms with van der Waals surface area (Å²) in [4.78, 5) is 37.2. The van der Waals surface area contributed by atoms with Gasteiger partial charge >= 0.3 is 5.97 Å². The Morgan fingerprint density at radius 3 is 2.12 bits per heavy atom. The van der Waals surface area contributed by atoms with Crippen molar-refractivity contribution in [1.29, 1.82) is 0 Å². The van der Waals surface area contributed by atoms with Crippen molar-refractivity contribution in [3.63, 3.8) is 0 Å². The molecule has 0 bridgehead atoms. The van der Waals surface area contributed by atoms with Crippen LogP contribution >= 0.6 is 0 Å². The predicted molar refractivity (Wildman–Crippen MR) is 95.8 cm³/mol. The van der Waals surface area contributed by atoms with Gasteiger partial charge < -0.3 is 9.84 Å². The molecule has 0 fully saturated rings. The SMILES string of the molecule is COc1ccc(C(CC(=O)O)C2=C(C)C(=O)c3ccccc3C2=O)cc1. The Morgan fingerprint density at radius 1 is 1.00 bits per heavy atom. The molecule has 0 amide bonds. The normalized spacial score (nSPS) is 14.8. The lowest BCUT2D eigenvalue weighted by Gasteiger charge is -2.25. The number of hydrogen-bond donors (Lipinski definition) is 1. The summed E-state index contributed by atoms with van der Waals surface area (Å²) in [5.74, 6) is -1.64. The van der Waals surface area contributed by atoms with E-state index in [0.29, 0.717) is 28.0 Å². The Balaban J connectivity index is 2.14. The van der Waals surface area contributed by atoms with Crippen LogP contribution in [0.1, 0.15) is 45.5 Å². The zero-order valence-corrected chi connectivity index (χ0v) is 14.5. The number of ketones is 2. The van der Waals surface area contributed by atoms with E-state index >= 15 is 0 Å². The second-order valence-corrected chi connectivity index (χ2v) is 6.17. The molecule has 0 aromatic heterocycles. The van der Waals surface area contributed by atoms with Crippen molar-refractivity contribution in [3.05, 3.63) is 76.4 Å². The zero-order valence-electron chi connectivity index (χ0n) is 14.5. The molecule has 1 unspecified atom stereocenters. The van der Waals surface area contributed by atoms with Crippen LogP contribution in [0, 0.1) is 0 Å². The van der Waals surface area contributed by atoms with Crippen LogP contribution in [-0.2, 0) is 4.79 Å². The van der Waals surface area contributed by atoms with Crippen LogP contribution in [0.4, 0.5) is 0 Å². The molecule has 0 heterocycles. The van der Waals surface area contributed by atoms with E-state index in [1.807, 2.05) is 0 Å². The molecule has 5 heteroatoms. The highest BCUT2D eigenvalue weighted by Gasteiger charge is 2.35. The summed E-state index contributed by atoms with van der Waals surface area (Å²) in [6, 6.07) is 13.5. The van der Waals surface area contributed by atoms with Gasteiger partial charge in [-0.2, -0.15) is 0 Å². The van der Waals surface area contributed by atoms with Gasteiger partial charge in [0.05, 0.1) is 13.5 Å². The molecular formula is C21H18O5. The van der Waals surface area contributed by atoms with Crippen molar-refractivity contribution in [1.82, 2.24) is 0 Å². The first-order valence-electron chi connectivity index (χ1n) is 8.19. The molecule has 26 heavy (non-hydrogen) atoms. The summed E-state index contributed by atoms with van der Waals surface area (Å²) < 4.78 is 5.13. The molecule has 1 atom stereocenters. The molecule has 0 spiro atoms. The number of carbonyl (C=O) groups excluding carboxylic acids is 2. The van der Waals surface area contributed by atoms with Gasteiger partial charge in [-0.05, 0) is 24.6 Å². The topological polar surface area (TPSA) is 80.7 Å². The summed E-state index contributed by atoms with van der Waals surface area (Å²) in [6.07, 6.45) is -0.278. The van der Waals surface area contributed by atoms with Gasteiger partial charge in [-0.3, -0.25) is 14.4 Å². The number of fused-ring (bicyclic) bond motifs is 1. The molecule has 3 rings (SSSR count). The fourth-order valence-electron chi connectivity index (χ4n) is 3.34. The number of carboxylic acid groups (broad SMARTS) is 1. The maximum absolute atomic E-state index is 13.1. The molecule has 132 valence electrons. The second-order valence-electron chi connectivity index (χ2n) is 6.17. The Bertz CT molecular complexity index is 922. The number of hydrogen-bond acceptors (Lipinski definition) is 4. The molecule has 5 nitrogen and oxygen atoms in total. The molecule has 0 saturated heterocycles. The third-order valence-electron chi connectivity index (χ3n) is 4.65. The van der Waals surface area contributed by atoms with Crippen LogP contribution in [-0.4, -0.2) is 29.8 Å². The molecule has 1 N–H and O–H groups in total. The first kappa shape index (κ1) is 17.6. The number of ether oxygens (including phenoxy) is 1. The predicted octanol–water partition coefficient (Wildman–Crippen LogP) is 3.65. The van der Waals surface area contributed by atoms with E-state index in [0.717, 1.165) is 0 Å². The number of allylic oxidation sites excluding steroid dienone is 2. The van der Waals surface area contributed by atoms with Gasteiger partial charge in [0.1, 0.15) is 5.75 Å². The van der Waals surface area contributed by atoms with Gasteiger partial charge in [-0.1, -0.05) is 36.4 Å². The quantitative estimate of drug-likeness (QED) is 0.890. The first-order chi connectivity index (χ1) is 12.4. The molecule has 0 aliphatic heterocycles. The fourth-order valence-corrected chi connectivity index (χ4v) is 3.34. The van der Waals surface area contributed by atoms with E-state index in [1.165, 1.54) is 7.11 Å². The lowest BCUT2D eigenvalue weighted by molar-refractivity contribution is -0.137. The van der Waals surface area contributed by atoms with E-state index in [2.05, 4.69) is 0 Å². The average Bonchev–Trinajstić information content (AvgIpc) is 2.65. The Labute approximate surface area is 150 Å². The number of carbonyl (C=O) groups is 3.